The molecule has 0 saturated heterocycles. The van der Waals surface area contributed by atoms with Crippen LogP contribution < -0.4 is 19.5 Å². The first kappa shape index (κ1) is 22.1. The summed E-state index contributed by atoms with van der Waals surface area (Å²) < 4.78 is 16.3. The molecule has 0 aromatic heterocycles. The number of benzene rings is 2. The fourth-order valence-electron chi connectivity index (χ4n) is 3.28. The number of ether oxygens (including phenoxy) is 3. The number of rotatable bonds is 8. The third-order valence-corrected chi connectivity index (χ3v) is 4.92. The van der Waals surface area contributed by atoms with E-state index in [0.717, 1.165) is 0 Å². The highest BCUT2D eigenvalue weighted by molar-refractivity contribution is 5.96. The Labute approximate surface area is 181 Å². The van der Waals surface area contributed by atoms with Crippen LogP contribution in [-0.2, 0) is 16.0 Å². The van der Waals surface area contributed by atoms with Crippen LogP contribution in [0.15, 0.2) is 36.4 Å². The molecule has 0 fully saturated rings. The van der Waals surface area contributed by atoms with E-state index in [1.165, 1.54) is 18.9 Å². The summed E-state index contributed by atoms with van der Waals surface area (Å²) in [4.78, 5) is 38.5. The van der Waals surface area contributed by atoms with Gasteiger partial charge in [-0.3, -0.25) is 14.4 Å². The van der Waals surface area contributed by atoms with Gasteiger partial charge >= 0.3 is 0 Å². The summed E-state index contributed by atoms with van der Waals surface area (Å²) in [6.45, 7) is 4.48. The lowest BCUT2D eigenvalue weighted by Gasteiger charge is -2.22. The van der Waals surface area contributed by atoms with E-state index in [1.807, 2.05) is 0 Å². The minimum atomic E-state index is -0.323. The van der Waals surface area contributed by atoms with Gasteiger partial charge in [0.25, 0.3) is 0 Å². The van der Waals surface area contributed by atoms with E-state index in [9.17, 15) is 14.4 Å². The third kappa shape index (κ3) is 5.53. The van der Waals surface area contributed by atoms with Crippen molar-refractivity contribution in [1.29, 1.82) is 0 Å². The minimum absolute atomic E-state index is 0.0233. The molecule has 1 N–H and O–H groups in total. The number of carbonyl (C=O) groups excluding carboxylic acids is 3. The average molecular weight is 426 g/mol. The second-order valence-electron chi connectivity index (χ2n) is 7.07. The van der Waals surface area contributed by atoms with Gasteiger partial charge in [0, 0.05) is 29.4 Å². The lowest BCUT2D eigenvalue weighted by atomic mass is 10.0. The molecule has 8 heteroatoms. The number of nitrogens with zero attached hydrogens (tertiary/aromatic N) is 1. The Morgan fingerprint density at radius 3 is 2.48 bits per heavy atom. The molecule has 0 unspecified atom stereocenters. The summed E-state index contributed by atoms with van der Waals surface area (Å²) in [7, 11) is 1.51. The number of carbonyl (C=O) groups is 3. The molecule has 8 nitrogen and oxygen atoms in total. The van der Waals surface area contributed by atoms with Crippen molar-refractivity contribution in [3.8, 4) is 17.2 Å². The Morgan fingerprint density at radius 1 is 1.06 bits per heavy atom. The number of methoxy groups -OCH3 is 1. The van der Waals surface area contributed by atoms with Crippen LogP contribution in [0.4, 0.5) is 5.69 Å². The predicted molar refractivity (Wildman–Crippen MR) is 115 cm³/mol. The van der Waals surface area contributed by atoms with E-state index < -0.39 is 0 Å². The summed E-state index contributed by atoms with van der Waals surface area (Å²) in [5, 5.41) is 2.78. The number of anilines is 1. The number of likely N-dealkylation sites (N-methyl/N-ethyl adjacent to an activating group) is 1. The highest BCUT2D eigenvalue weighted by Gasteiger charge is 2.19. The molecule has 2 aromatic carbocycles. The Morgan fingerprint density at radius 2 is 1.81 bits per heavy atom. The summed E-state index contributed by atoms with van der Waals surface area (Å²) in [5.41, 5.74) is 1.67. The second kappa shape index (κ2) is 9.97. The quantitative estimate of drug-likeness (QED) is 0.653. The maximum atomic E-state index is 12.8. The van der Waals surface area contributed by atoms with Crippen molar-refractivity contribution >= 4 is 23.3 Å². The van der Waals surface area contributed by atoms with Crippen molar-refractivity contribution in [2.24, 2.45) is 0 Å². The lowest BCUT2D eigenvalue weighted by Crippen LogP contribution is -2.38. The van der Waals surface area contributed by atoms with Gasteiger partial charge in [0.15, 0.2) is 17.3 Å². The maximum absolute atomic E-state index is 12.8. The van der Waals surface area contributed by atoms with Gasteiger partial charge in [-0.2, -0.15) is 0 Å². The molecule has 31 heavy (non-hydrogen) atoms. The summed E-state index contributed by atoms with van der Waals surface area (Å²) in [5.74, 6) is 1.08. The smallest absolute Gasteiger partial charge is 0.243 e. The zero-order valence-corrected chi connectivity index (χ0v) is 17.9. The molecule has 1 aliphatic heterocycles. The van der Waals surface area contributed by atoms with Crippen LogP contribution in [0.3, 0.4) is 0 Å². The molecule has 0 spiro atoms. The molecule has 2 aromatic rings. The molecule has 1 aliphatic rings. The van der Waals surface area contributed by atoms with E-state index in [2.05, 4.69) is 5.32 Å². The number of Topliss-reactive ketones (excluding diaryl/α,β-unsaturated/α-hetero) is 1. The van der Waals surface area contributed by atoms with E-state index in [-0.39, 0.29) is 30.6 Å². The number of amides is 2. The largest absolute Gasteiger partial charge is 0.496 e. The molecule has 0 atom stereocenters. The van der Waals surface area contributed by atoms with Crippen LogP contribution in [0.2, 0.25) is 0 Å². The van der Waals surface area contributed by atoms with Gasteiger partial charge in [-0.15, -0.1) is 0 Å². The molecule has 2 amide bonds. The molecular formula is C23H26N2O6. The van der Waals surface area contributed by atoms with E-state index >= 15 is 0 Å². The number of fused-ring (bicyclic) bond motifs is 1. The molecule has 1 heterocycles. The van der Waals surface area contributed by atoms with Gasteiger partial charge < -0.3 is 24.4 Å². The molecule has 3 rings (SSSR count). The fraction of sp³-hybridized carbons (Fsp3) is 0.348. The van der Waals surface area contributed by atoms with E-state index in [4.69, 9.17) is 14.2 Å². The third-order valence-electron chi connectivity index (χ3n) is 4.92. The zero-order chi connectivity index (χ0) is 22.4. The van der Waals surface area contributed by atoms with Crippen molar-refractivity contribution in [2.75, 3.05) is 38.7 Å². The predicted octanol–water partition coefficient (Wildman–Crippen LogP) is 2.70. The van der Waals surface area contributed by atoms with Gasteiger partial charge in [-0.25, -0.2) is 0 Å². The fourth-order valence-corrected chi connectivity index (χ4v) is 3.28. The first-order valence-corrected chi connectivity index (χ1v) is 10.1. The summed E-state index contributed by atoms with van der Waals surface area (Å²) in [6, 6.07) is 10.1. The Hall–Kier alpha value is -3.55. The number of ketones is 1. The maximum Gasteiger partial charge on any atom is 0.243 e. The van der Waals surface area contributed by atoms with Gasteiger partial charge in [0.1, 0.15) is 19.0 Å². The standard InChI is InChI=1S/C23H26N2O6/c1-4-25(23(28)12-17-11-16(15(2)26)5-7-19(17)29-3)14-22(27)24-18-6-8-20-21(13-18)31-10-9-30-20/h5-8,11,13H,4,9-10,12,14H2,1-3H3,(H,24,27). The number of hydrogen-bond donors (Lipinski definition) is 1. The Kier molecular flexibility index (Phi) is 7.12. The van der Waals surface area contributed by atoms with E-state index in [0.29, 0.717) is 53.8 Å². The Bertz CT molecular complexity index is 988. The molecular weight excluding hydrogens is 400 g/mol. The lowest BCUT2D eigenvalue weighted by molar-refractivity contribution is -0.133. The molecule has 164 valence electrons. The van der Waals surface area contributed by atoms with Crippen molar-refractivity contribution in [2.45, 2.75) is 20.3 Å². The number of hydrogen-bond acceptors (Lipinski definition) is 6. The van der Waals surface area contributed by atoms with Gasteiger partial charge in [-0.1, -0.05) is 0 Å². The van der Waals surface area contributed by atoms with Crippen molar-refractivity contribution in [3.63, 3.8) is 0 Å². The van der Waals surface area contributed by atoms with Crippen LogP contribution in [0.1, 0.15) is 29.8 Å². The van der Waals surface area contributed by atoms with E-state index in [1.54, 1.807) is 43.3 Å². The zero-order valence-electron chi connectivity index (χ0n) is 17.9. The van der Waals surface area contributed by atoms with Crippen molar-refractivity contribution < 1.29 is 28.6 Å². The van der Waals surface area contributed by atoms with Crippen molar-refractivity contribution in [1.82, 2.24) is 4.90 Å². The van der Waals surface area contributed by atoms with Gasteiger partial charge in [0.2, 0.25) is 11.8 Å². The SMILES string of the molecule is CCN(CC(=O)Nc1ccc2c(c1)OCCO2)C(=O)Cc1cc(C(C)=O)ccc1OC. The first-order chi connectivity index (χ1) is 14.9. The monoisotopic (exact) mass is 426 g/mol. The first-order valence-electron chi connectivity index (χ1n) is 10.1. The van der Waals surface area contributed by atoms with Crippen LogP contribution >= 0.6 is 0 Å². The molecule has 0 saturated carbocycles. The topological polar surface area (TPSA) is 94.2 Å². The Balaban J connectivity index is 1.65. The van der Waals surface area contributed by atoms with Crippen LogP contribution in [0, 0.1) is 0 Å². The van der Waals surface area contributed by atoms with Gasteiger partial charge in [-0.05, 0) is 44.2 Å². The van der Waals surface area contributed by atoms with Crippen molar-refractivity contribution in [3.05, 3.63) is 47.5 Å². The normalized spacial score (nSPS) is 12.1. The number of nitrogens with one attached hydrogen (secondary N) is 1. The van der Waals surface area contributed by atoms with Gasteiger partial charge in [0.05, 0.1) is 20.1 Å². The summed E-state index contributed by atoms with van der Waals surface area (Å²) >= 11 is 0. The molecule has 0 radical (unpaired) electrons. The molecule has 0 bridgehead atoms. The van der Waals surface area contributed by atoms with Crippen LogP contribution in [0.5, 0.6) is 17.2 Å². The summed E-state index contributed by atoms with van der Waals surface area (Å²) in [6.07, 6.45) is 0.0233. The highest BCUT2D eigenvalue weighted by atomic mass is 16.6. The average Bonchev–Trinajstić information content (AvgIpc) is 2.77. The van der Waals surface area contributed by atoms with Crippen LogP contribution in [0.25, 0.3) is 0 Å². The molecule has 0 aliphatic carbocycles. The van der Waals surface area contributed by atoms with Crippen LogP contribution in [-0.4, -0.2) is 55.9 Å². The minimum Gasteiger partial charge on any atom is -0.496 e. The second-order valence-corrected chi connectivity index (χ2v) is 7.07. The highest BCUT2D eigenvalue weighted by Crippen LogP contribution is 2.32.